The lowest BCUT2D eigenvalue weighted by atomic mass is 10.2. The van der Waals surface area contributed by atoms with Gasteiger partial charge in [-0.05, 0) is 36.4 Å². The van der Waals surface area contributed by atoms with Gasteiger partial charge < -0.3 is 4.42 Å². The van der Waals surface area contributed by atoms with Crippen molar-refractivity contribution in [3.63, 3.8) is 0 Å². The molecule has 1 N–H and O–H groups in total. The van der Waals surface area contributed by atoms with Gasteiger partial charge in [-0.15, -0.1) is 16.9 Å². The number of thioether (sulfide) groups is 1. The molecule has 0 radical (unpaired) electrons. The lowest BCUT2D eigenvalue weighted by molar-refractivity contribution is 0.102. The Morgan fingerprint density at radius 2 is 1.96 bits per heavy atom. The number of carbonyl (C=O) groups is 1. The van der Waals surface area contributed by atoms with Crippen LogP contribution in [0.2, 0.25) is 0 Å². The van der Waals surface area contributed by atoms with Crippen LogP contribution in [0.5, 0.6) is 0 Å². The molecule has 1 amide bonds. The zero-order valence-corrected chi connectivity index (χ0v) is 14.5. The molecule has 0 atom stereocenters. The van der Waals surface area contributed by atoms with Gasteiger partial charge in [0, 0.05) is 21.3 Å². The van der Waals surface area contributed by atoms with E-state index in [4.69, 9.17) is 4.42 Å². The highest BCUT2D eigenvalue weighted by atomic mass is 32.2. The predicted molar refractivity (Wildman–Crippen MR) is 95.1 cm³/mol. The predicted octanol–water partition coefficient (Wildman–Crippen LogP) is 4.63. The van der Waals surface area contributed by atoms with Crippen LogP contribution in [0.4, 0.5) is 10.4 Å². The molecule has 0 aliphatic carbocycles. The highest BCUT2D eigenvalue weighted by molar-refractivity contribution is 7.99. The van der Waals surface area contributed by atoms with Gasteiger partial charge in [-0.1, -0.05) is 31.1 Å². The number of rotatable bonds is 5. The second kappa shape index (κ2) is 7.48. The van der Waals surface area contributed by atoms with Gasteiger partial charge in [0.15, 0.2) is 0 Å². The third-order valence-corrected chi connectivity index (χ3v) is 4.18. The first-order valence-corrected chi connectivity index (χ1v) is 8.57. The molecular weight excluding hydrogens is 341 g/mol. The number of hydrogen-bond donors (Lipinski definition) is 1. The second-order valence-corrected chi connectivity index (χ2v) is 7.22. The van der Waals surface area contributed by atoms with Gasteiger partial charge in [-0.25, -0.2) is 4.39 Å². The van der Waals surface area contributed by atoms with E-state index in [1.165, 1.54) is 18.2 Å². The number of nitrogens with zero attached hydrogens (tertiary/aromatic N) is 2. The second-order valence-electron chi connectivity index (χ2n) is 5.57. The Kier molecular flexibility index (Phi) is 5.14. The first-order chi connectivity index (χ1) is 12.0. The number of nitrogens with one attached hydrogen (secondary N) is 1. The minimum absolute atomic E-state index is 0.0359. The van der Waals surface area contributed by atoms with Gasteiger partial charge in [0.2, 0.25) is 5.89 Å². The maximum absolute atomic E-state index is 13.2. The Morgan fingerprint density at radius 3 is 2.72 bits per heavy atom. The monoisotopic (exact) mass is 357 g/mol. The van der Waals surface area contributed by atoms with Crippen LogP contribution in [0, 0.1) is 5.82 Å². The molecule has 0 spiro atoms. The summed E-state index contributed by atoms with van der Waals surface area (Å²) in [6.07, 6.45) is 0. The molecule has 0 aliphatic rings. The van der Waals surface area contributed by atoms with Crippen LogP contribution in [-0.4, -0.2) is 21.4 Å². The summed E-state index contributed by atoms with van der Waals surface area (Å²) < 4.78 is 18.7. The van der Waals surface area contributed by atoms with Crippen molar-refractivity contribution >= 4 is 23.7 Å². The summed E-state index contributed by atoms with van der Waals surface area (Å²) in [6.45, 7) is 4.23. The zero-order valence-electron chi connectivity index (χ0n) is 13.7. The first kappa shape index (κ1) is 17.2. The van der Waals surface area contributed by atoms with E-state index in [2.05, 4.69) is 29.4 Å². The van der Waals surface area contributed by atoms with Crippen LogP contribution in [-0.2, 0) is 0 Å². The number of hydrogen-bond acceptors (Lipinski definition) is 5. The third-order valence-electron chi connectivity index (χ3n) is 3.19. The van der Waals surface area contributed by atoms with E-state index < -0.39 is 11.7 Å². The Labute approximate surface area is 148 Å². The van der Waals surface area contributed by atoms with Gasteiger partial charge in [0.25, 0.3) is 5.91 Å². The van der Waals surface area contributed by atoms with Crippen molar-refractivity contribution in [1.29, 1.82) is 0 Å². The summed E-state index contributed by atoms with van der Waals surface area (Å²) in [7, 11) is 0. The maximum Gasteiger partial charge on any atom is 0.322 e. The van der Waals surface area contributed by atoms with Crippen molar-refractivity contribution in [3.05, 3.63) is 59.9 Å². The molecule has 0 saturated heterocycles. The smallest absolute Gasteiger partial charge is 0.322 e. The van der Waals surface area contributed by atoms with Crippen molar-refractivity contribution < 1.29 is 13.6 Å². The first-order valence-electron chi connectivity index (χ1n) is 7.69. The number of aromatic nitrogens is 2. The van der Waals surface area contributed by atoms with E-state index in [1.54, 1.807) is 11.8 Å². The molecule has 7 heteroatoms. The molecule has 0 fully saturated rings. The molecule has 1 aromatic heterocycles. The Balaban J connectivity index is 1.75. The largest absolute Gasteiger partial charge is 0.403 e. The molecule has 128 valence electrons. The van der Waals surface area contributed by atoms with Crippen molar-refractivity contribution in [2.45, 2.75) is 24.0 Å². The van der Waals surface area contributed by atoms with Crippen LogP contribution in [0.25, 0.3) is 11.5 Å². The van der Waals surface area contributed by atoms with Crippen LogP contribution in [0.15, 0.2) is 57.8 Å². The quantitative estimate of drug-likeness (QED) is 0.674. The Hall–Kier alpha value is -2.67. The molecular formula is C18H16FN3O2S. The normalized spacial score (nSPS) is 10.9. The van der Waals surface area contributed by atoms with Crippen molar-refractivity contribution in [3.8, 4) is 11.5 Å². The SMILES string of the molecule is CC(C)Sc1cccc(-c2nnc(NC(=O)c3cccc(F)c3)o2)c1. The fraction of sp³-hybridized carbons (Fsp3) is 0.167. The highest BCUT2D eigenvalue weighted by Gasteiger charge is 2.13. The number of benzene rings is 2. The lowest BCUT2D eigenvalue weighted by Gasteiger charge is -2.05. The minimum Gasteiger partial charge on any atom is -0.403 e. The zero-order chi connectivity index (χ0) is 17.8. The molecule has 0 aliphatic heterocycles. The molecule has 1 heterocycles. The van der Waals surface area contributed by atoms with E-state index in [9.17, 15) is 9.18 Å². The molecule has 2 aromatic carbocycles. The molecule has 3 rings (SSSR count). The number of halogens is 1. The van der Waals surface area contributed by atoms with Crippen LogP contribution < -0.4 is 5.32 Å². The molecule has 3 aromatic rings. The van der Waals surface area contributed by atoms with Gasteiger partial charge in [0.05, 0.1) is 0 Å². The van der Waals surface area contributed by atoms with Crippen LogP contribution in [0.1, 0.15) is 24.2 Å². The van der Waals surface area contributed by atoms with Crippen molar-refractivity contribution in [2.24, 2.45) is 0 Å². The molecule has 0 bridgehead atoms. The van der Waals surface area contributed by atoms with E-state index in [-0.39, 0.29) is 11.6 Å². The summed E-state index contributed by atoms with van der Waals surface area (Å²) in [5, 5.41) is 10.7. The number of carbonyl (C=O) groups excluding carboxylic acids is 1. The fourth-order valence-electron chi connectivity index (χ4n) is 2.16. The summed E-state index contributed by atoms with van der Waals surface area (Å²) in [5.41, 5.74) is 0.944. The van der Waals surface area contributed by atoms with Crippen LogP contribution in [0.3, 0.4) is 0 Å². The highest BCUT2D eigenvalue weighted by Crippen LogP contribution is 2.28. The van der Waals surface area contributed by atoms with Gasteiger partial charge in [-0.2, -0.15) is 0 Å². The van der Waals surface area contributed by atoms with Gasteiger partial charge in [-0.3, -0.25) is 10.1 Å². The van der Waals surface area contributed by atoms with E-state index >= 15 is 0 Å². The summed E-state index contributed by atoms with van der Waals surface area (Å²) in [4.78, 5) is 13.2. The molecule has 0 unspecified atom stereocenters. The summed E-state index contributed by atoms with van der Waals surface area (Å²) in [6, 6.07) is 13.1. The summed E-state index contributed by atoms with van der Waals surface area (Å²) >= 11 is 1.73. The van der Waals surface area contributed by atoms with Crippen molar-refractivity contribution in [1.82, 2.24) is 10.2 Å². The van der Waals surface area contributed by atoms with Crippen LogP contribution >= 0.6 is 11.8 Å². The minimum atomic E-state index is -0.515. The third kappa shape index (κ3) is 4.45. The van der Waals surface area contributed by atoms with E-state index in [0.717, 1.165) is 16.5 Å². The average Bonchev–Trinajstić information content (AvgIpc) is 3.03. The maximum atomic E-state index is 13.2. The van der Waals surface area contributed by atoms with E-state index in [0.29, 0.717) is 11.1 Å². The molecule has 25 heavy (non-hydrogen) atoms. The Bertz CT molecular complexity index is 895. The average molecular weight is 357 g/mol. The number of amides is 1. The Morgan fingerprint density at radius 1 is 1.16 bits per heavy atom. The number of anilines is 1. The fourth-order valence-corrected chi connectivity index (χ4v) is 3.06. The lowest BCUT2D eigenvalue weighted by Crippen LogP contribution is -2.12. The molecule has 0 saturated carbocycles. The summed E-state index contributed by atoms with van der Waals surface area (Å²) in [5.74, 6) is -0.696. The topological polar surface area (TPSA) is 68.0 Å². The van der Waals surface area contributed by atoms with Gasteiger partial charge in [0.1, 0.15) is 5.82 Å². The van der Waals surface area contributed by atoms with E-state index in [1.807, 2.05) is 24.3 Å². The standard InChI is InChI=1S/C18H16FN3O2S/c1-11(2)25-15-8-4-6-13(10-15)17-21-22-18(24-17)20-16(23)12-5-3-7-14(19)9-12/h3-11H,1-2H3,(H,20,22,23). The van der Waals surface area contributed by atoms with Gasteiger partial charge >= 0.3 is 6.01 Å². The molecule has 5 nitrogen and oxygen atoms in total. The van der Waals surface area contributed by atoms with Crippen molar-refractivity contribution in [2.75, 3.05) is 5.32 Å².